The molecule has 3 rings (SSSR count). The maximum Gasteiger partial charge on any atom is 0.373 e. The zero-order valence-electron chi connectivity index (χ0n) is 78.8. The molecule has 0 aliphatic carbocycles. The number of hydrogen-bond acceptors (Lipinski definition) is 28. The Hall–Kier alpha value is -9.01. The summed E-state index contributed by atoms with van der Waals surface area (Å²) in [5.74, 6) is -8.76. The summed E-state index contributed by atoms with van der Waals surface area (Å²) < 4.78 is 33.5. The molecular weight excluding hydrogens is 1730 g/mol. The van der Waals surface area contributed by atoms with Crippen LogP contribution < -0.4 is 31.9 Å². The first kappa shape index (κ1) is 117. The summed E-state index contributed by atoms with van der Waals surface area (Å²) >= 11 is 2.36. The quantitative estimate of drug-likeness (QED) is 0.0129. The Morgan fingerprint density at radius 3 is 1.81 bits per heavy atom. The van der Waals surface area contributed by atoms with Crippen molar-refractivity contribution < 1.29 is 125 Å². The number of ether oxygens (including phenoxy) is 6. The Bertz CT molecular complexity index is 3860. The third-order valence-electron chi connectivity index (χ3n) is 22.8. The number of thiazole rings is 1. The fraction of sp³-hybridized carbons (Fsp3) is 0.728. The number of aromatic nitrogens is 1. The van der Waals surface area contributed by atoms with E-state index in [2.05, 4.69) is 43.8 Å². The van der Waals surface area contributed by atoms with Gasteiger partial charge in [0.05, 0.1) is 87.9 Å². The first-order chi connectivity index (χ1) is 61.8. The second kappa shape index (κ2) is 67.2. The van der Waals surface area contributed by atoms with E-state index in [1.54, 1.807) is 24.3 Å². The van der Waals surface area contributed by atoms with Crippen LogP contribution in [-0.4, -0.2) is 278 Å². The second-order valence-electron chi connectivity index (χ2n) is 33.9. The molecule has 2 heterocycles. The molecule has 130 heavy (non-hydrogen) atoms. The van der Waals surface area contributed by atoms with E-state index >= 15 is 0 Å². The highest BCUT2D eigenvalue weighted by molar-refractivity contribution is 8.00. The lowest BCUT2D eigenvalue weighted by Gasteiger charge is -2.38. The number of amides is 9. The van der Waals surface area contributed by atoms with E-state index in [-0.39, 0.29) is 263 Å². The number of nitrogens with zero attached hydrogens (tertiary/aromatic N) is 4. The Morgan fingerprint density at radius 2 is 1.22 bits per heavy atom. The van der Waals surface area contributed by atoms with Gasteiger partial charge in [0.1, 0.15) is 28.3 Å². The average Bonchev–Trinajstić information content (AvgIpc) is 1.73. The Kier molecular flexibility index (Phi) is 60.5. The minimum Gasteiger partial charge on any atom is -0.506 e. The van der Waals surface area contributed by atoms with Crippen LogP contribution in [0.2, 0.25) is 0 Å². The molecule has 36 nitrogen and oxygen atoms in total. The van der Waals surface area contributed by atoms with E-state index in [0.29, 0.717) is 50.8 Å². The number of carboxylic acids is 2. The van der Waals surface area contributed by atoms with Crippen molar-refractivity contribution >= 4 is 123 Å². The van der Waals surface area contributed by atoms with E-state index in [1.807, 2.05) is 60.5 Å². The molecule has 9 atom stereocenters. The molecule has 1 fully saturated rings. The molecular formula is C92H148N10O26S2. The van der Waals surface area contributed by atoms with Crippen molar-refractivity contribution in [3.63, 3.8) is 0 Å². The lowest BCUT2D eigenvalue weighted by atomic mass is 9.81. The number of imide groups is 1. The molecule has 1 aromatic carbocycles. The number of likely N-dealkylation sites (tertiary alicyclic amines) is 1. The second-order valence-corrected chi connectivity index (χ2v) is 35.8. The van der Waals surface area contributed by atoms with E-state index < -0.39 is 100 Å². The number of benzene rings is 1. The van der Waals surface area contributed by atoms with Crippen molar-refractivity contribution in [3.8, 4) is 5.75 Å². The number of likely N-dealkylation sites (N-methyl/N-ethyl adjacent to an activating group) is 1. The van der Waals surface area contributed by atoms with Crippen molar-refractivity contribution in [1.82, 2.24) is 46.3 Å². The predicted octanol–water partition coefficient (Wildman–Crippen LogP) is 9.48. The molecule has 734 valence electrons. The lowest BCUT2D eigenvalue weighted by molar-refractivity contribution is -0.192. The summed E-state index contributed by atoms with van der Waals surface area (Å²) in [6, 6.07) is 1.24. The molecule has 0 bridgehead atoms. The van der Waals surface area contributed by atoms with Crippen molar-refractivity contribution in [1.29, 1.82) is 0 Å². The van der Waals surface area contributed by atoms with Gasteiger partial charge in [0.15, 0.2) is 17.7 Å². The number of phenolic OH excluding ortho intramolecular Hbond substituents is 1. The molecule has 2 aromatic rings. The third kappa shape index (κ3) is 48.9. The number of anilines is 1. The smallest absolute Gasteiger partial charge is 0.373 e. The lowest BCUT2D eigenvalue weighted by Crippen LogP contribution is -2.50. The number of aliphatic carboxylic acids is 2. The first-order valence-electron chi connectivity index (χ1n) is 45.8. The van der Waals surface area contributed by atoms with Crippen LogP contribution in [0.4, 0.5) is 5.69 Å². The van der Waals surface area contributed by atoms with Gasteiger partial charge in [-0.05, 0) is 134 Å². The Labute approximate surface area is 774 Å². The zero-order chi connectivity index (χ0) is 97.1. The number of esters is 1. The number of unbranched alkanes of at least 4 members (excludes halogenated alkanes) is 9. The summed E-state index contributed by atoms with van der Waals surface area (Å²) in [5, 5.41) is 48.2. The van der Waals surface area contributed by atoms with Gasteiger partial charge >= 0.3 is 24.1 Å². The van der Waals surface area contributed by atoms with Crippen LogP contribution >= 0.6 is 23.1 Å². The molecule has 2 unspecified atom stereocenters. The SMILES string of the molecule is CCCCCCCCCCNC(=O)[C@H](CCC(=O)O)NC(=O)CCOCCOCCOCCC(=O)CCCOCCOCCC(=O)NCCCC[C@H](NC(=O)CCCN1C(=O)CC(SC)C1=O)C(=O)CCCCC(=O)Nc1cc(C[C@@H](CC(C)C(=O)O)NC(=O)c2csc([C@@H](C[C@H](C(C)C)N(C)C(=O)[C@@H](CC(=O)C(C)(C)N(C)C)[C@@H](C)CC)OC(C)=O)n2)ccc1O.O=C=O. The van der Waals surface area contributed by atoms with Gasteiger partial charge in [-0.3, -0.25) is 81.7 Å². The van der Waals surface area contributed by atoms with Gasteiger partial charge in [-0.1, -0.05) is 99.0 Å². The molecule has 0 saturated carbocycles. The van der Waals surface area contributed by atoms with Crippen LogP contribution in [0.3, 0.4) is 0 Å². The van der Waals surface area contributed by atoms with Crippen LogP contribution in [0.1, 0.15) is 276 Å². The fourth-order valence-corrected chi connectivity index (χ4v) is 15.6. The molecule has 0 spiro atoms. The van der Waals surface area contributed by atoms with Gasteiger partial charge in [-0.2, -0.15) is 21.4 Å². The van der Waals surface area contributed by atoms with Gasteiger partial charge in [0, 0.05) is 134 Å². The Morgan fingerprint density at radius 1 is 0.646 bits per heavy atom. The topological polar surface area (TPSA) is 501 Å². The van der Waals surface area contributed by atoms with Crippen LogP contribution in [-0.2, 0) is 112 Å². The minimum atomic E-state index is -1.11. The maximum atomic E-state index is 14.5. The Balaban J connectivity index is 0.0000188. The van der Waals surface area contributed by atoms with Crippen molar-refractivity contribution in [3.05, 3.63) is 39.8 Å². The molecule has 9 N–H and O–H groups in total. The summed E-state index contributed by atoms with van der Waals surface area (Å²) in [4.78, 5) is 220. The molecule has 9 amide bonds. The number of carbonyl (C=O) groups excluding carboxylic acids is 15. The number of aromatic hydroxyl groups is 1. The molecule has 1 saturated heterocycles. The van der Waals surface area contributed by atoms with Crippen LogP contribution in [0, 0.1) is 23.7 Å². The van der Waals surface area contributed by atoms with E-state index in [4.69, 9.17) is 43.1 Å². The minimum absolute atomic E-state index is 0.0124. The number of carbonyl (C=O) groups is 15. The van der Waals surface area contributed by atoms with Crippen molar-refractivity contribution in [2.24, 2.45) is 23.7 Å². The van der Waals surface area contributed by atoms with E-state index in [0.717, 1.165) is 41.9 Å². The normalized spacial score (nSPS) is 14.5. The number of carboxylic acid groups (broad SMARTS) is 2. The molecule has 1 aliphatic rings. The summed E-state index contributed by atoms with van der Waals surface area (Å²) in [6.45, 7) is 19.4. The highest BCUT2D eigenvalue weighted by atomic mass is 32.2. The predicted molar refractivity (Wildman–Crippen MR) is 488 cm³/mol. The highest BCUT2D eigenvalue weighted by Gasteiger charge is 2.41. The standard InChI is InChI=1S/C91H148N10O24S2.CO2/c1-14-16-17-18-19-20-21-25-42-93-85(114)70(35-37-84(112)113)96-82(110)40-47-123-51-53-124-52-50-121-45-38-67(103)29-28-44-120-48-49-122-46-39-79(107)92-41-26-24-30-69(95-81(109)33-27-43-101-83(111)59-77(126-13)89(101)117)74(104)31-22-23-32-80(108)97-71-56-65(34-36-75(71)105)55-66(54-63(6)90(118)119)94-86(115)72-60-127-87(98-72)76(125-64(7)102)58-73(61(3)4)100(12)88(116)68(62(5)15-2)57-78(106)91(8,9)99(10)11;2-1-3/h34,36,56,60-63,66,68-70,73,76-77,105H,14-33,35,37-55,57-59H2,1-13H3,(H,92,107)(H,93,114)(H,94,115)(H,95,109)(H,96,110)(H,97,108)(H,112,113)(H,118,119);/t62-,63?,66+,68-,69-,70-,73+,76+,77?;/m0./s1. The summed E-state index contributed by atoms with van der Waals surface area (Å²) in [5.41, 5.74) is -0.298. The number of Topliss-reactive ketones (excluding diaryl/α,β-unsaturated/α-hetero) is 3. The third-order valence-corrected chi connectivity index (χ3v) is 24.6. The first-order valence-corrected chi connectivity index (χ1v) is 47.9. The van der Waals surface area contributed by atoms with Gasteiger partial charge in [0.2, 0.25) is 47.3 Å². The number of ketones is 3. The van der Waals surface area contributed by atoms with Crippen LogP contribution in [0.5, 0.6) is 5.75 Å². The number of nitrogens with one attached hydrogen (secondary N) is 6. The van der Waals surface area contributed by atoms with Gasteiger partial charge in [-0.25, -0.2) is 4.98 Å². The number of thioether (sulfide) groups is 1. The molecule has 0 radical (unpaired) electrons. The van der Waals surface area contributed by atoms with Gasteiger partial charge in [-0.15, -0.1) is 11.3 Å². The summed E-state index contributed by atoms with van der Waals surface area (Å²) in [7, 11) is 5.32. The zero-order valence-corrected chi connectivity index (χ0v) is 80.5. The average molecular weight is 1870 g/mol. The van der Waals surface area contributed by atoms with E-state index in [9.17, 15) is 82.1 Å². The maximum absolute atomic E-state index is 14.5. The van der Waals surface area contributed by atoms with E-state index in [1.165, 1.54) is 68.8 Å². The summed E-state index contributed by atoms with van der Waals surface area (Å²) in [6.07, 6.45) is 13.3. The van der Waals surface area contributed by atoms with Crippen LogP contribution in [0.25, 0.3) is 0 Å². The fourth-order valence-electron chi connectivity index (χ4n) is 14.1. The van der Waals surface area contributed by atoms with Crippen LogP contribution in [0.15, 0.2) is 23.6 Å². The van der Waals surface area contributed by atoms with Crippen molar-refractivity contribution in [2.75, 3.05) is 118 Å². The number of rotatable bonds is 74. The molecule has 38 heteroatoms. The number of phenols is 1. The molecule has 1 aromatic heterocycles. The number of hydrogen-bond donors (Lipinski definition) is 9. The monoisotopic (exact) mass is 1870 g/mol. The largest absolute Gasteiger partial charge is 0.506 e. The van der Waals surface area contributed by atoms with Gasteiger partial charge < -0.3 is 80.5 Å². The van der Waals surface area contributed by atoms with Crippen molar-refractivity contribution in [2.45, 2.75) is 296 Å². The highest BCUT2D eigenvalue weighted by Crippen LogP contribution is 2.34. The molecule has 1 aliphatic heterocycles. The van der Waals surface area contributed by atoms with Gasteiger partial charge in [0.25, 0.3) is 5.91 Å².